The molecule has 2 atom stereocenters. The van der Waals surface area contributed by atoms with E-state index in [-0.39, 0.29) is 0 Å². The fourth-order valence-electron chi connectivity index (χ4n) is 2.65. The molecule has 1 aromatic carbocycles. The van der Waals surface area contributed by atoms with E-state index in [1.165, 1.54) is 44.1 Å². The Morgan fingerprint density at radius 3 is 2.59 bits per heavy atom. The summed E-state index contributed by atoms with van der Waals surface area (Å²) in [5.74, 6) is 0.807. The highest BCUT2D eigenvalue weighted by molar-refractivity contribution is 5.17. The molecule has 0 aromatic heterocycles. The van der Waals surface area contributed by atoms with Crippen LogP contribution in [0.4, 0.5) is 0 Å². The minimum atomic E-state index is 0.346. The van der Waals surface area contributed by atoms with Crippen LogP contribution in [0.25, 0.3) is 0 Å². The molecule has 1 aliphatic heterocycles. The molecular formula is C16H24O. The van der Waals surface area contributed by atoms with Gasteiger partial charge in [-0.3, -0.25) is 0 Å². The summed E-state index contributed by atoms with van der Waals surface area (Å²) in [5, 5.41) is 0. The summed E-state index contributed by atoms with van der Waals surface area (Å²) in [6.07, 6.45) is 8.30. The Morgan fingerprint density at radius 2 is 1.94 bits per heavy atom. The van der Waals surface area contributed by atoms with E-state index >= 15 is 0 Å². The third kappa shape index (κ3) is 3.85. The van der Waals surface area contributed by atoms with Crippen molar-refractivity contribution in [3.8, 4) is 0 Å². The van der Waals surface area contributed by atoms with Crippen molar-refractivity contribution in [1.29, 1.82) is 0 Å². The van der Waals surface area contributed by atoms with Crippen molar-refractivity contribution in [2.45, 2.75) is 51.6 Å². The smallest absolute Gasteiger partial charge is 0.0825 e. The number of hydrogen-bond donors (Lipinski definition) is 0. The van der Waals surface area contributed by atoms with Gasteiger partial charge in [-0.15, -0.1) is 0 Å². The van der Waals surface area contributed by atoms with Crippen LogP contribution in [0.1, 0.15) is 57.1 Å². The molecule has 0 aliphatic carbocycles. The zero-order chi connectivity index (χ0) is 11.9. The Hall–Kier alpha value is -0.820. The SMILES string of the molecule is CCCCCC1CCC(c2ccccc2)OC1. The van der Waals surface area contributed by atoms with E-state index in [1.807, 2.05) is 0 Å². The molecule has 1 aliphatic rings. The van der Waals surface area contributed by atoms with E-state index in [2.05, 4.69) is 37.3 Å². The van der Waals surface area contributed by atoms with Gasteiger partial charge in [-0.2, -0.15) is 0 Å². The summed E-state index contributed by atoms with van der Waals surface area (Å²) in [5.41, 5.74) is 1.35. The van der Waals surface area contributed by atoms with Gasteiger partial charge in [0.1, 0.15) is 0 Å². The first-order valence-corrected chi connectivity index (χ1v) is 7.06. The summed E-state index contributed by atoms with van der Waals surface area (Å²) in [4.78, 5) is 0. The zero-order valence-electron chi connectivity index (χ0n) is 10.9. The van der Waals surface area contributed by atoms with E-state index in [1.54, 1.807) is 0 Å². The van der Waals surface area contributed by atoms with Crippen molar-refractivity contribution in [1.82, 2.24) is 0 Å². The summed E-state index contributed by atoms with van der Waals surface area (Å²) in [6.45, 7) is 3.23. The van der Waals surface area contributed by atoms with Gasteiger partial charge in [-0.25, -0.2) is 0 Å². The van der Waals surface area contributed by atoms with Crippen LogP contribution in [0, 0.1) is 5.92 Å². The predicted octanol–water partition coefficient (Wildman–Crippen LogP) is 4.73. The highest BCUT2D eigenvalue weighted by atomic mass is 16.5. The van der Waals surface area contributed by atoms with E-state index < -0.39 is 0 Å². The fourth-order valence-corrected chi connectivity index (χ4v) is 2.65. The molecule has 0 bridgehead atoms. The highest BCUT2D eigenvalue weighted by Crippen LogP contribution is 2.32. The molecule has 0 amide bonds. The monoisotopic (exact) mass is 232 g/mol. The van der Waals surface area contributed by atoms with Crippen molar-refractivity contribution < 1.29 is 4.74 Å². The summed E-state index contributed by atoms with van der Waals surface area (Å²) in [7, 11) is 0. The molecule has 1 aromatic rings. The number of hydrogen-bond acceptors (Lipinski definition) is 1. The molecule has 1 nitrogen and oxygen atoms in total. The minimum absolute atomic E-state index is 0.346. The van der Waals surface area contributed by atoms with Crippen molar-refractivity contribution in [3.63, 3.8) is 0 Å². The van der Waals surface area contributed by atoms with E-state index in [0.717, 1.165) is 12.5 Å². The van der Waals surface area contributed by atoms with Crippen LogP contribution in [0.2, 0.25) is 0 Å². The zero-order valence-corrected chi connectivity index (χ0v) is 10.9. The molecule has 0 N–H and O–H groups in total. The molecule has 2 rings (SSSR count). The first kappa shape index (κ1) is 12.6. The van der Waals surface area contributed by atoms with Gasteiger partial charge in [0.05, 0.1) is 12.7 Å². The van der Waals surface area contributed by atoms with Gasteiger partial charge in [-0.1, -0.05) is 56.5 Å². The standard InChI is InChI=1S/C16H24O/c1-2-3-5-8-14-11-12-16(17-13-14)15-9-6-4-7-10-15/h4,6-7,9-10,14,16H,2-3,5,8,11-13H2,1H3. The molecule has 17 heavy (non-hydrogen) atoms. The molecule has 94 valence electrons. The van der Waals surface area contributed by atoms with Gasteiger partial charge >= 0.3 is 0 Å². The maximum absolute atomic E-state index is 6.01. The molecule has 0 saturated carbocycles. The first-order chi connectivity index (χ1) is 8.40. The average Bonchev–Trinajstić information content (AvgIpc) is 2.41. The number of benzene rings is 1. The second-order valence-corrected chi connectivity index (χ2v) is 5.17. The van der Waals surface area contributed by atoms with Crippen LogP contribution < -0.4 is 0 Å². The third-order valence-electron chi connectivity index (χ3n) is 3.76. The molecule has 2 unspecified atom stereocenters. The molecule has 1 fully saturated rings. The lowest BCUT2D eigenvalue weighted by molar-refractivity contribution is -0.0198. The van der Waals surface area contributed by atoms with Gasteiger partial charge in [0.2, 0.25) is 0 Å². The van der Waals surface area contributed by atoms with Crippen molar-refractivity contribution >= 4 is 0 Å². The predicted molar refractivity (Wildman–Crippen MR) is 72.0 cm³/mol. The van der Waals surface area contributed by atoms with Gasteiger partial charge in [0.25, 0.3) is 0 Å². The van der Waals surface area contributed by atoms with E-state index in [4.69, 9.17) is 4.74 Å². The molecule has 0 radical (unpaired) electrons. The maximum Gasteiger partial charge on any atom is 0.0825 e. The maximum atomic E-state index is 6.01. The summed E-state index contributed by atoms with van der Waals surface area (Å²) >= 11 is 0. The molecule has 1 heteroatoms. The van der Waals surface area contributed by atoms with Gasteiger partial charge in [-0.05, 0) is 30.7 Å². The first-order valence-electron chi connectivity index (χ1n) is 7.06. The molecule has 0 spiro atoms. The van der Waals surface area contributed by atoms with Gasteiger partial charge < -0.3 is 4.74 Å². The molecule has 1 heterocycles. The quantitative estimate of drug-likeness (QED) is 0.667. The summed E-state index contributed by atoms with van der Waals surface area (Å²) < 4.78 is 6.01. The number of rotatable bonds is 5. The lowest BCUT2D eigenvalue weighted by Gasteiger charge is -2.29. The van der Waals surface area contributed by atoms with Crippen LogP contribution in [0.15, 0.2) is 30.3 Å². The van der Waals surface area contributed by atoms with Crippen molar-refractivity contribution in [2.75, 3.05) is 6.61 Å². The lowest BCUT2D eigenvalue weighted by atomic mass is 9.91. The molecular weight excluding hydrogens is 208 g/mol. The Morgan fingerprint density at radius 1 is 1.12 bits per heavy atom. The highest BCUT2D eigenvalue weighted by Gasteiger charge is 2.22. The molecule has 1 saturated heterocycles. The van der Waals surface area contributed by atoms with Crippen molar-refractivity contribution in [2.24, 2.45) is 5.92 Å². The lowest BCUT2D eigenvalue weighted by Crippen LogP contribution is -2.20. The van der Waals surface area contributed by atoms with Gasteiger partial charge in [0, 0.05) is 0 Å². The van der Waals surface area contributed by atoms with Crippen LogP contribution in [-0.2, 0) is 4.74 Å². The average molecular weight is 232 g/mol. The van der Waals surface area contributed by atoms with E-state index in [9.17, 15) is 0 Å². The third-order valence-corrected chi connectivity index (χ3v) is 3.76. The minimum Gasteiger partial charge on any atom is -0.373 e. The normalized spacial score (nSPS) is 24.8. The van der Waals surface area contributed by atoms with Gasteiger partial charge in [0.15, 0.2) is 0 Å². The summed E-state index contributed by atoms with van der Waals surface area (Å²) in [6, 6.07) is 10.6. The number of ether oxygens (including phenoxy) is 1. The number of unbranched alkanes of at least 4 members (excludes halogenated alkanes) is 2. The second-order valence-electron chi connectivity index (χ2n) is 5.17. The Bertz CT molecular complexity index is 299. The Kier molecular flexibility index (Phi) is 5.06. The van der Waals surface area contributed by atoms with Crippen LogP contribution in [0.3, 0.4) is 0 Å². The Labute approximate surface area is 105 Å². The van der Waals surface area contributed by atoms with E-state index in [0.29, 0.717) is 6.10 Å². The van der Waals surface area contributed by atoms with Crippen LogP contribution in [-0.4, -0.2) is 6.61 Å². The fraction of sp³-hybridized carbons (Fsp3) is 0.625. The largest absolute Gasteiger partial charge is 0.373 e. The Balaban J connectivity index is 1.74. The van der Waals surface area contributed by atoms with Crippen molar-refractivity contribution in [3.05, 3.63) is 35.9 Å². The van der Waals surface area contributed by atoms with Crippen LogP contribution >= 0.6 is 0 Å². The second kappa shape index (κ2) is 6.80. The van der Waals surface area contributed by atoms with Crippen LogP contribution in [0.5, 0.6) is 0 Å². The topological polar surface area (TPSA) is 9.23 Å².